The summed E-state index contributed by atoms with van der Waals surface area (Å²) in [5.41, 5.74) is 2.76. The molecular weight excluding hydrogens is 311 g/mol. The van der Waals surface area contributed by atoms with Crippen LogP contribution in [0.4, 0.5) is 0 Å². The molecule has 0 aliphatic heterocycles. The van der Waals surface area contributed by atoms with Crippen molar-refractivity contribution in [2.45, 2.75) is 45.4 Å². The van der Waals surface area contributed by atoms with Crippen molar-refractivity contribution in [1.29, 1.82) is 0 Å². The van der Waals surface area contributed by atoms with Crippen LogP contribution in [0.2, 0.25) is 0 Å². The molecule has 0 aromatic heterocycles. The van der Waals surface area contributed by atoms with Gasteiger partial charge in [-0.15, -0.1) is 0 Å². The van der Waals surface area contributed by atoms with E-state index in [9.17, 15) is 4.57 Å². The minimum absolute atomic E-state index is 0.130. The molecule has 23 heavy (non-hydrogen) atoms. The Kier molecular flexibility index (Phi) is 7.60. The first-order valence-corrected chi connectivity index (χ1v) is 9.26. The van der Waals surface area contributed by atoms with E-state index in [1.807, 2.05) is 6.07 Å². The largest absolute Gasteiger partial charge is 0.586 e. The summed E-state index contributed by atoms with van der Waals surface area (Å²) in [7, 11) is -3.63. The van der Waals surface area contributed by atoms with Gasteiger partial charge >= 0.3 is 7.82 Å². The third-order valence-electron chi connectivity index (χ3n) is 3.88. The molecule has 128 valence electrons. The van der Waals surface area contributed by atoms with E-state index in [0.717, 1.165) is 25.4 Å². The highest BCUT2D eigenvalue weighted by Crippen LogP contribution is 2.49. The van der Waals surface area contributed by atoms with Crippen molar-refractivity contribution in [2.24, 2.45) is 0 Å². The first kappa shape index (κ1) is 19.5. The summed E-state index contributed by atoms with van der Waals surface area (Å²) in [6.07, 6.45) is 4.70. The summed E-state index contributed by atoms with van der Waals surface area (Å²) in [5.74, 6) is 0. The Morgan fingerprint density at radius 3 is 2.35 bits per heavy atom. The molecule has 0 bridgehead atoms. The predicted octanol–water partition coefficient (Wildman–Crippen LogP) is 5.75. The van der Waals surface area contributed by atoms with Gasteiger partial charge in [0.25, 0.3) is 0 Å². The summed E-state index contributed by atoms with van der Waals surface area (Å²) in [6.45, 7) is 13.7. The highest BCUT2D eigenvalue weighted by atomic mass is 31.2. The molecule has 0 aliphatic carbocycles. The summed E-state index contributed by atoms with van der Waals surface area (Å²) in [6, 6.07) is 8.41. The maximum absolute atomic E-state index is 12.1. The first-order valence-electron chi connectivity index (χ1n) is 7.80. The number of hydrogen-bond acceptors (Lipinski definition) is 4. The van der Waals surface area contributed by atoms with E-state index >= 15 is 0 Å². The second-order valence-electron chi connectivity index (χ2n) is 5.82. The Labute approximate surface area is 139 Å². The lowest BCUT2D eigenvalue weighted by Gasteiger charge is -2.26. The zero-order valence-corrected chi connectivity index (χ0v) is 15.2. The van der Waals surface area contributed by atoms with Gasteiger partial charge in [0.05, 0.1) is 19.1 Å². The van der Waals surface area contributed by atoms with Gasteiger partial charge in [0, 0.05) is 0 Å². The molecule has 0 N–H and O–H groups in total. The molecule has 0 spiro atoms. The van der Waals surface area contributed by atoms with Crippen LogP contribution in [0.5, 0.6) is 0 Å². The molecule has 1 aromatic rings. The average Bonchev–Trinajstić information content (AvgIpc) is 2.52. The van der Waals surface area contributed by atoms with Crippen LogP contribution in [0.1, 0.15) is 44.7 Å². The summed E-state index contributed by atoms with van der Waals surface area (Å²) < 4.78 is 27.0. The minimum Gasteiger partial charge on any atom is -0.404 e. The topological polar surface area (TPSA) is 44.8 Å². The molecule has 0 heterocycles. The Bertz CT molecular complexity index is 552. The van der Waals surface area contributed by atoms with Gasteiger partial charge in [-0.05, 0) is 35.8 Å². The SMILES string of the molecule is C=COP(=O)(OC=C)OCCCc1ccccc1C(C)(C)CC. The Hall–Kier alpha value is -1.51. The van der Waals surface area contributed by atoms with Crippen molar-refractivity contribution < 1.29 is 18.1 Å². The van der Waals surface area contributed by atoms with Crippen LogP contribution in [-0.2, 0) is 30.0 Å². The zero-order valence-electron chi connectivity index (χ0n) is 14.3. The molecule has 0 atom stereocenters. The molecule has 0 radical (unpaired) electrons. The second kappa shape index (κ2) is 8.95. The van der Waals surface area contributed by atoms with E-state index in [1.54, 1.807) is 0 Å². The molecule has 0 unspecified atom stereocenters. The van der Waals surface area contributed by atoms with E-state index in [4.69, 9.17) is 13.6 Å². The molecule has 5 heteroatoms. The third kappa shape index (κ3) is 5.89. The highest BCUT2D eigenvalue weighted by molar-refractivity contribution is 7.48. The van der Waals surface area contributed by atoms with Crippen LogP contribution in [0.15, 0.2) is 49.9 Å². The van der Waals surface area contributed by atoms with Crippen LogP contribution in [-0.4, -0.2) is 6.61 Å². The van der Waals surface area contributed by atoms with Gasteiger partial charge in [0.2, 0.25) is 0 Å². The molecule has 0 amide bonds. The van der Waals surface area contributed by atoms with Crippen LogP contribution in [0.25, 0.3) is 0 Å². The van der Waals surface area contributed by atoms with Gasteiger partial charge in [-0.1, -0.05) is 58.2 Å². The Morgan fingerprint density at radius 1 is 1.17 bits per heavy atom. The second-order valence-corrected chi connectivity index (χ2v) is 7.40. The monoisotopic (exact) mass is 338 g/mol. The van der Waals surface area contributed by atoms with E-state index in [1.165, 1.54) is 11.1 Å². The predicted molar refractivity (Wildman–Crippen MR) is 94.2 cm³/mol. The molecule has 4 nitrogen and oxygen atoms in total. The van der Waals surface area contributed by atoms with Gasteiger partial charge in [-0.25, -0.2) is 4.57 Å². The Morgan fingerprint density at radius 2 is 1.78 bits per heavy atom. The highest BCUT2D eigenvalue weighted by Gasteiger charge is 2.26. The van der Waals surface area contributed by atoms with Crippen molar-refractivity contribution in [3.05, 3.63) is 61.1 Å². The van der Waals surface area contributed by atoms with E-state index in [-0.39, 0.29) is 12.0 Å². The van der Waals surface area contributed by atoms with Crippen molar-refractivity contribution in [2.75, 3.05) is 6.61 Å². The number of rotatable bonds is 11. The lowest BCUT2D eigenvalue weighted by Crippen LogP contribution is -2.18. The summed E-state index contributed by atoms with van der Waals surface area (Å²) >= 11 is 0. The quantitative estimate of drug-likeness (QED) is 0.293. The van der Waals surface area contributed by atoms with Crippen molar-refractivity contribution >= 4 is 7.82 Å². The number of phosphoric ester groups is 1. The van der Waals surface area contributed by atoms with Crippen LogP contribution < -0.4 is 0 Å². The number of aryl methyl sites for hydroxylation is 1. The van der Waals surface area contributed by atoms with Gasteiger partial charge in [-0.3, -0.25) is 4.52 Å². The van der Waals surface area contributed by atoms with E-state index in [2.05, 4.69) is 52.1 Å². The fourth-order valence-electron chi connectivity index (χ4n) is 2.30. The van der Waals surface area contributed by atoms with Crippen molar-refractivity contribution in [1.82, 2.24) is 0 Å². The smallest absolute Gasteiger partial charge is 0.404 e. The van der Waals surface area contributed by atoms with Gasteiger partial charge in [0.15, 0.2) is 0 Å². The van der Waals surface area contributed by atoms with Crippen LogP contribution in [0.3, 0.4) is 0 Å². The molecular formula is C18H27O4P. The fourth-order valence-corrected chi connectivity index (χ4v) is 3.19. The average molecular weight is 338 g/mol. The fraction of sp³-hybridized carbons (Fsp3) is 0.444. The zero-order chi connectivity index (χ0) is 17.3. The van der Waals surface area contributed by atoms with E-state index < -0.39 is 7.82 Å². The first-order chi connectivity index (χ1) is 10.9. The maximum atomic E-state index is 12.1. The Balaban J connectivity index is 2.65. The van der Waals surface area contributed by atoms with Crippen LogP contribution in [0, 0.1) is 0 Å². The third-order valence-corrected chi connectivity index (χ3v) is 5.19. The number of phosphoric acid groups is 1. The van der Waals surface area contributed by atoms with Crippen molar-refractivity contribution in [3.63, 3.8) is 0 Å². The van der Waals surface area contributed by atoms with E-state index in [0.29, 0.717) is 6.42 Å². The maximum Gasteiger partial charge on any atom is 0.586 e. The molecule has 0 saturated heterocycles. The van der Waals surface area contributed by atoms with Crippen molar-refractivity contribution in [3.8, 4) is 0 Å². The number of hydrogen-bond donors (Lipinski definition) is 0. The van der Waals surface area contributed by atoms with Gasteiger partial charge in [-0.2, -0.15) is 0 Å². The molecule has 0 fully saturated rings. The van der Waals surface area contributed by atoms with Crippen LogP contribution >= 0.6 is 7.82 Å². The standard InChI is InChI=1S/C18H27O4P/c1-6-18(4,5)17-14-10-9-12-16(17)13-11-15-22-23(19,20-7-2)21-8-3/h7-10,12,14H,2-3,6,11,13,15H2,1,4-5H3. The molecule has 0 saturated carbocycles. The lowest BCUT2D eigenvalue weighted by molar-refractivity contribution is 0.178. The normalized spacial score (nSPS) is 11.8. The molecule has 0 aliphatic rings. The molecule has 1 aromatic carbocycles. The molecule has 1 rings (SSSR count). The number of benzene rings is 1. The van der Waals surface area contributed by atoms with Gasteiger partial charge < -0.3 is 9.05 Å². The summed E-state index contributed by atoms with van der Waals surface area (Å²) in [4.78, 5) is 0. The minimum atomic E-state index is -3.63. The lowest BCUT2D eigenvalue weighted by atomic mass is 9.79. The summed E-state index contributed by atoms with van der Waals surface area (Å²) in [5, 5.41) is 0. The van der Waals surface area contributed by atoms with Gasteiger partial charge in [0.1, 0.15) is 0 Å².